The number of anilines is 1. The standard InChI is InChI=1S/C15H15N3O4/c1-15(14(21)22-2)9-7-8(3-4-11(9)16-13(15)20)10-5-6-12(19)18-17-10/h3-4,7H,5-6H2,1-2H3,(H,16,20)(H,18,19). The van der Waals surface area contributed by atoms with Gasteiger partial charge in [0.2, 0.25) is 11.8 Å². The van der Waals surface area contributed by atoms with E-state index in [4.69, 9.17) is 4.74 Å². The molecule has 7 heteroatoms. The molecule has 0 saturated heterocycles. The van der Waals surface area contributed by atoms with E-state index in [2.05, 4.69) is 15.8 Å². The number of hydrazone groups is 1. The number of nitrogens with one attached hydrogen (secondary N) is 2. The van der Waals surface area contributed by atoms with E-state index in [-0.39, 0.29) is 5.91 Å². The monoisotopic (exact) mass is 301 g/mol. The largest absolute Gasteiger partial charge is 0.468 e. The first kappa shape index (κ1) is 14.2. The molecule has 1 atom stereocenters. The number of carbonyl (C=O) groups excluding carboxylic acids is 3. The van der Waals surface area contributed by atoms with Crippen LogP contribution < -0.4 is 10.7 Å². The minimum absolute atomic E-state index is 0.124. The maximum atomic E-state index is 12.2. The van der Waals surface area contributed by atoms with Crippen LogP contribution in [0, 0.1) is 0 Å². The Hall–Kier alpha value is -2.70. The van der Waals surface area contributed by atoms with Gasteiger partial charge in [0, 0.05) is 24.1 Å². The normalized spacial score (nSPS) is 23.3. The van der Waals surface area contributed by atoms with Crippen molar-refractivity contribution < 1.29 is 19.1 Å². The van der Waals surface area contributed by atoms with Gasteiger partial charge in [-0.15, -0.1) is 0 Å². The molecule has 2 heterocycles. The van der Waals surface area contributed by atoms with Gasteiger partial charge < -0.3 is 10.1 Å². The molecular formula is C15H15N3O4. The third-order valence-electron chi connectivity index (χ3n) is 4.09. The summed E-state index contributed by atoms with van der Waals surface area (Å²) in [7, 11) is 1.25. The molecule has 2 aliphatic rings. The first-order chi connectivity index (χ1) is 10.5. The molecule has 1 unspecified atom stereocenters. The van der Waals surface area contributed by atoms with Crippen molar-refractivity contribution >= 4 is 29.2 Å². The zero-order chi connectivity index (χ0) is 15.9. The molecule has 2 aliphatic heterocycles. The van der Waals surface area contributed by atoms with Gasteiger partial charge >= 0.3 is 5.97 Å². The number of hydrogen-bond acceptors (Lipinski definition) is 5. The van der Waals surface area contributed by atoms with Crippen molar-refractivity contribution in [3.05, 3.63) is 29.3 Å². The highest BCUT2D eigenvalue weighted by atomic mass is 16.5. The fourth-order valence-electron chi connectivity index (χ4n) is 2.71. The zero-order valence-corrected chi connectivity index (χ0v) is 12.2. The molecule has 1 aromatic rings. The summed E-state index contributed by atoms with van der Waals surface area (Å²) < 4.78 is 4.78. The third kappa shape index (κ3) is 1.97. The van der Waals surface area contributed by atoms with Crippen LogP contribution in [0.25, 0.3) is 0 Å². The summed E-state index contributed by atoms with van der Waals surface area (Å²) in [5, 5.41) is 6.72. The van der Waals surface area contributed by atoms with Gasteiger partial charge in [-0.1, -0.05) is 6.07 Å². The summed E-state index contributed by atoms with van der Waals surface area (Å²) in [6, 6.07) is 5.29. The molecule has 0 bridgehead atoms. The Morgan fingerprint density at radius 2 is 2.09 bits per heavy atom. The van der Waals surface area contributed by atoms with Crippen LogP contribution in [-0.2, 0) is 24.5 Å². The van der Waals surface area contributed by atoms with E-state index < -0.39 is 17.3 Å². The summed E-state index contributed by atoms with van der Waals surface area (Å²) >= 11 is 0. The number of fused-ring (bicyclic) bond motifs is 1. The molecule has 0 spiro atoms. The summed E-state index contributed by atoms with van der Waals surface area (Å²) in [6.07, 6.45) is 0.877. The molecule has 2 amide bonds. The lowest BCUT2D eigenvalue weighted by atomic mass is 9.82. The summed E-state index contributed by atoms with van der Waals surface area (Å²) in [5.41, 5.74) is 3.69. The van der Waals surface area contributed by atoms with Crippen molar-refractivity contribution in [2.24, 2.45) is 5.10 Å². The molecule has 2 N–H and O–H groups in total. The second-order valence-electron chi connectivity index (χ2n) is 5.42. The van der Waals surface area contributed by atoms with E-state index in [1.807, 2.05) is 0 Å². The van der Waals surface area contributed by atoms with Crippen molar-refractivity contribution in [2.75, 3.05) is 12.4 Å². The second kappa shape index (κ2) is 4.94. The second-order valence-corrected chi connectivity index (χ2v) is 5.42. The maximum Gasteiger partial charge on any atom is 0.325 e. The molecule has 22 heavy (non-hydrogen) atoms. The van der Waals surface area contributed by atoms with E-state index >= 15 is 0 Å². The quantitative estimate of drug-likeness (QED) is 0.620. The lowest BCUT2D eigenvalue weighted by Gasteiger charge is -2.20. The van der Waals surface area contributed by atoms with Gasteiger partial charge in [0.15, 0.2) is 5.41 Å². The lowest BCUT2D eigenvalue weighted by Crippen LogP contribution is -2.40. The Balaban J connectivity index is 2.06. The summed E-state index contributed by atoms with van der Waals surface area (Å²) in [4.78, 5) is 35.4. The molecule has 0 fully saturated rings. The van der Waals surface area contributed by atoms with E-state index in [1.165, 1.54) is 14.0 Å². The zero-order valence-electron chi connectivity index (χ0n) is 12.2. The van der Waals surface area contributed by atoms with Crippen LogP contribution >= 0.6 is 0 Å². The van der Waals surface area contributed by atoms with Crippen LogP contribution in [0.3, 0.4) is 0 Å². The van der Waals surface area contributed by atoms with Crippen LogP contribution in [0.4, 0.5) is 5.69 Å². The lowest BCUT2D eigenvalue weighted by molar-refractivity contribution is -0.150. The minimum atomic E-state index is -1.38. The number of carbonyl (C=O) groups is 3. The van der Waals surface area contributed by atoms with Gasteiger partial charge in [-0.05, 0) is 24.6 Å². The van der Waals surface area contributed by atoms with Gasteiger partial charge in [-0.3, -0.25) is 14.4 Å². The fraction of sp³-hybridized carbons (Fsp3) is 0.333. The van der Waals surface area contributed by atoms with E-state index in [1.54, 1.807) is 18.2 Å². The number of nitrogens with zero attached hydrogens (tertiary/aromatic N) is 1. The van der Waals surface area contributed by atoms with Crippen molar-refractivity contribution in [1.29, 1.82) is 0 Å². The molecule has 0 aromatic heterocycles. The highest BCUT2D eigenvalue weighted by Gasteiger charge is 2.50. The average molecular weight is 301 g/mol. The molecule has 0 saturated carbocycles. The highest BCUT2D eigenvalue weighted by Crippen LogP contribution is 2.39. The predicted octanol–water partition coefficient (Wildman–Crippen LogP) is 0.683. The van der Waals surface area contributed by atoms with Gasteiger partial charge in [0.25, 0.3) is 0 Å². The first-order valence-electron chi connectivity index (χ1n) is 6.87. The SMILES string of the molecule is COC(=O)C1(C)C(=O)Nc2ccc(C3=NNC(=O)CC3)cc21. The maximum absolute atomic E-state index is 12.2. The van der Waals surface area contributed by atoms with Crippen molar-refractivity contribution in [1.82, 2.24) is 5.43 Å². The Bertz CT molecular complexity index is 715. The van der Waals surface area contributed by atoms with E-state index in [0.717, 1.165) is 5.56 Å². The number of ether oxygens (including phenoxy) is 1. The highest BCUT2D eigenvalue weighted by molar-refractivity contribution is 6.19. The number of amides is 2. The number of rotatable bonds is 2. The van der Waals surface area contributed by atoms with E-state index in [9.17, 15) is 14.4 Å². The summed E-state index contributed by atoms with van der Waals surface area (Å²) in [6.45, 7) is 1.54. The molecule has 3 rings (SSSR count). The summed E-state index contributed by atoms with van der Waals surface area (Å²) in [5.74, 6) is -1.15. The Kier molecular flexibility index (Phi) is 3.20. The number of benzene rings is 1. The molecule has 0 radical (unpaired) electrons. The first-order valence-corrected chi connectivity index (χ1v) is 6.87. The predicted molar refractivity (Wildman–Crippen MR) is 78.4 cm³/mol. The van der Waals surface area contributed by atoms with Crippen molar-refractivity contribution in [2.45, 2.75) is 25.2 Å². The Morgan fingerprint density at radius 3 is 2.73 bits per heavy atom. The average Bonchev–Trinajstić information content (AvgIpc) is 2.79. The van der Waals surface area contributed by atoms with Crippen LogP contribution in [0.1, 0.15) is 30.9 Å². The fourth-order valence-corrected chi connectivity index (χ4v) is 2.71. The van der Waals surface area contributed by atoms with Gasteiger partial charge in [-0.2, -0.15) is 5.10 Å². The van der Waals surface area contributed by atoms with Crippen molar-refractivity contribution in [3.63, 3.8) is 0 Å². The number of esters is 1. The van der Waals surface area contributed by atoms with Gasteiger partial charge in [0.05, 0.1) is 12.8 Å². The molecule has 0 aliphatic carbocycles. The molecule has 114 valence electrons. The molecule has 1 aromatic carbocycles. The molecule has 7 nitrogen and oxygen atoms in total. The van der Waals surface area contributed by atoms with Crippen LogP contribution in [0.5, 0.6) is 0 Å². The molecular weight excluding hydrogens is 286 g/mol. The third-order valence-corrected chi connectivity index (χ3v) is 4.09. The smallest absolute Gasteiger partial charge is 0.325 e. The van der Waals surface area contributed by atoms with E-state index in [0.29, 0.717) is 29.8 Å². The Morgan fingerprint density at radius 1 is 1.32 bits per heavy atom. The minimum Gasteiger partial charge on any atom is -0.468 e. The van der Waals surface area contributed by atoms with Crippen LogP contribution in [0.2, 0.25) is 0 Å². The van der Waals surface area contributed by atoms with Crippen LogP contribution in [0.15, 0.2) is 23.3 Å². The number of methoxy groups -OCH3 is 1. The topological polar surface area (TPSA) is 96.9 Å². The Labute approximate surface area is 126 Å². The number of hydrogen-bond donors (Lipinski definition) is 2. The van der Waals surface area contributed by atoms with Gasteiger partial charge in [0.1, 0.15) is 0 Å². The van der Waals surface area contributed by atoms with Gasteiger partial charge in [-0.25, -0.2) is 5.43 Å². The van der Waals surface area contributed by atoms with Crippen LogP contribution in [-0.4, -0.2) is 30.6 Å². The van der Waals surface area contributed by atoms with Crippen molar-refractivity contribution in [3.8, 4) is 0 Å².